The van der Waals surface area contributed by atoms with Gasteiger partial charge in [0, 0.05) is 18.0 Å². The van der Waals surface area contributed by atoms with Gasteiger partial charge in [0.15, 0.2) is 21.7 Å². The van der Waals surface area contributed by atoms with Gasteiger partial charge in [0.1, 0.15) is 6.33 Å². The third kappa shape index (κ3) is 2.29. The van der Waals surface area contributed by atoms with Crippen LogP contribution in [0.3, 0.4) is 0 Å². The molecule has 0 atom stereocenters. The molecule has 8 nitrogen and oxygen atoms in total. The van der Waals surface area contributed by atoms with Gasteiger partial charge in [-0.05, 0) is 27.9 Å². The van der Waals surface area contributed by atoms with Crippen LogP contribution in [0.15, 0.2) is 16.2 Å². The summed E-state index contributed by atoms with van der Waals surface area (Å²) in [6.07, 6.45) is 2.10. The topological polar surface area (TPSA) is 118 Å². The fourth-order valence-corrected chi connectivity index (χ4v) is 1.99. The van der Waals surface area contributed by atoms with Gasteiger partial charge in [0.25, 0.3) is 0 Å². The Bertz CT molecular complexity index is 584. The number of nitrogens with two attached hydrogens (primary N) is 1. The first-order valence-electron chi connectivity index (χ1n) is 4.87. The molecule has 0 saturated carbocycles. The van der Waals surface area contributed by atoms with Crippen LogP contribution in [-0.4, -0.2) is 26.1 Å². The van der Waals surface area contributed by atoms with E-state index in [0.717, 1.165) is 0 Å². The van der Waals surface area contributed by atoms with Crippen molar-refractivity contribution in [3.8, 4) is 0 Å². The third-order valence-corrected chi connectivity index (χ3v) is 2.82. The molecule has 0 saturated heterocycles. The lowest BCUT2D eigenvalue weighted by Crippen LogP contribution is -2.01. The van der Waals surface area contributed by atoms with Crippen molar-refractivity contribution >= 4 is 32.9 Å². The molecule has 88 valence electrons. The number of fused-ring (bicyclic) bond motifs is 1. The number of imidazole rings is 1. The predicted molar refractivity (Wildman–Crippen MR) is 66.1 cm³/mol. The van der Waals surface area contributed by atoms with E-state index in [4.69, 9.17) is 11.3 Å². The first-order valence-corrected chi connectivity index (χ1v) is 5.66. The summed E-state index contributed by atoms with van der Waals surface area (Å²) < 4.78 is 2.50. The molecular weight excluding hydrogens is 288 g/mol. The summed E-state index contributed by atoms with van der Waals surface area (Å²) in [6.45, 7) is 1.08. The number of nitrogen functional groups attached to an aromatic ring is 1. The van der Waals surface area contributed by atoms with Crippen LogP contribution in [-0.2, 0) is 6.54 Å². The van der Waals surface area contributed by atoms with Gasteiger partial charge in [0.2, 0.25) is 0 Å². The predicted octanol–water partition coefficient (Wildman–Crippen LogP) is 1.87. The first-order chi connectivity index (χ1) is 8.24. The van der Waals surface area contributed by atoms with Crippen LogP contribution in [0.5, 0.6) is 0 Å². The summed E-state index contributed by atoms with van der Waals surface area (Å²) in [7, 11) is 0. The number of anilines is 1. The standard InChI is InChI=1S/C8H9BrN8/c9-8-15-5-6(10)12-4-13-7(5)17(8)3-1-2-14-16-11/h4H,1-3H2,(H2,10,12,13). The average Bonchev–Trinajstić information content (AvgIpc) is 2.63. The maximum atomic E-state index is 8.18. The van der Waals surface area contributed by atoms with E-state index >= 15 is 0 Å². The molecule has 2 heterocycles. The van der Waals surface area contributed by atoms with Crippen molar-refractivity contribution in [2.45, 2.75) is 13.0 Å². The van der Waals surface area contributed by atoms with Crippen LogP contribution in [0.2, 0.25) is 0 Å². The molecule has 2 rings (SSSR count). The quantitative estimate of drug-likeness (QED) is 0.304. The third-order valence-electron chi connectivity index (χ3n) is 2.22. The monoisotopic (exact) mass is 296 g/mol. The van der Waals surface area contributed by atoms with Crippen LogP contribution in [0, 0.1) is 0 Å². The maximum absolute atomic E-state index is 8.18. The zero-order chi connectivity index (χ0) is 12.3. The summed E-state index contributed by atoms with van der Waals surface area (Å²) in [5.74, 6) is 0.351. The summed E-state index contributed by atoms with van der Waals surface area (Å²) in [4.78, 5) is 14.9. The highest BCUT2D eigenvalue weighted by Gasteiger charge is 2.11. The number of rotatable bonds is 4. The fraction of sp³-hybridized carbons (Fsp3) is 0.375. The molecule has 9 heteroatoms. The van der Waals surface area contributed by atoms with Gasteiger partial charge in [-0.1, -0.05) is 5.11 Å². The minimum Gasteiger partial charge on any atom is -0.382 e. The van der Waals surface area contributed by atoms with Gasteiger partial charge in [-0.25, -0.2) is 15.0 Å². The molecule has 0 spiro atoms. The van der Waals surface area contributed by atoms with E-state index in [9.17, 15) is 0 Å². The highest BCUT2D eigenvalue weighted by atomic mass is 79.9. The number of aromatic nitrogens is 4. The Labute approximate surface area is 105 Å². The van der Waals surface area contributed by atoms with Crippen molar-refractivity contribution in [1.29, 1.82) is 0 Å². The molecule has 0 aliphatic heterocycles. The van der Waals surface area contributed by atoms with Gasteiger partial charge < -0.3 is 10.3 Å². The second-order valence-electron chi connectivity index (χ2n) is 3.27. The van der Waals surface area contributed by atoms with E-state index in [0.29, 0.717) is 41.2 Å². The van der Waals surface area contributed by atoms with Crippen molar-refractivity contribution in [1.82, 2.24) is 19.5 Å². The Morgan fingerprint density at radius 3 is 3.12 bits per heavy atom. The molecule has 2 N–H and O–H groups in total. The molecule has 17 heavy (non-hydrogen) atoms. The molecule has 0 aliphatic rings. The zero-order valence-corrected chi connectivity index (χ0v) is 10.4. The van der Waals surface area contributed by atoms with E-state index in [1.165, 1.54) is 6.33 Å². The Morgan fingerprint density at radius 1 is 1.53 bits per heavy atom. The van der Waals surface area contributed by atoms with Crippen LogP contribution >= 0.6 is 15.9 Å². The zero-order valence-electron chi connectivity index (χ0n) is 8.78. The molecule has 0 bridgehead atoms. The lowest BCUT2D eigenvalue weighted by molar-refractivity contribution is 0.648. The van der Waals surface area contributed by atoms with Crippen molar-refractivity contribution in [3.05, 3.63) is 21.5 Å². The second-order valence-corrected chi connectivity index (χ2v) is 3.98. The number of hydrogen-bond acceptors (Lipinski definition) is 5. The van der Waals surface area contributed by atoms with Gasteiger partial charge in [0.05, 0.1) is 0 Å². The smallest absolute Gasteiger partial charge is 0.179 e. The average molecular weight is 297 g/mol. The number of halogens is 1. The van der Waals surface area contributed by atoms with Crippen LogP contribution < -0.4 is 5.73 Å². The summed E-state index contributed by atoms with van der Waals surface area (Å²) in [6, 6.07) is 0. The molecule has 0 fully saturated rings. The van der Waals surface area contributed by atoms with Gasteiger partial charge in [-0.3, -0.25) is 0 Å². The summed E-state index contributed by atoms with van der Waals surface area (Å²) in [5.41, 5.74) is 15.1. The Balaban J connectivity index is 2.30. The molecule has 2 aromatic rings. The first kappa shape index (κ1) is 11.6. The van der Waals surface area contributed by atoms with E-state index in [2.05, 4.69) is 40.9 Å². The maximum Gasteiger partial charge on any atom is 0.179 e. The van der Waals surface area contributed by atoms with Crippen molar-refractivity contribution < 1.29 is 0 Å². The van der Waals surface area contributed by atoms with E-state index in [-0.39, 0.29) is 0 Å². The van der Waals surface area contributed by atoms with Crippen LogP contribution in [0.1, 0.15) is 6.42 Å². The molecule has 0 radical (unpaired) electrons. The van der Waals surface area contributed by atoms with Gasteiger partial charge >= 0.3 is 0 Å². The molecule has 0 aromatic carbocycles. The van der Waals surface area contributed by atoms with E-state index in [1.54, 1.807) is 0 Å². The van der Waals surface area contributed by atoms with Crippen LogP contribution in [0.25, 0.3) is 21.6 Å². The second kappa shape index (κ2) is 4.98. The molecule has 0 aliphatic carbocycles. The van der Waals surface area contributed by atoms with E-state index in [1.807, 2.05) is 4.57 Å². The minimum absolute atomic E-state index is 0.351. The highest BCUT2D eigenvalue weighted by molar-refractivity contribution is 9.10. The number of hydrogen-bond donors (Lipinski definition) is 1. The van der Waals surface area contributed by atoms with Crippen molar-refractivity contribution in [2.75, 3.05) is 12.3 Å². The van der Waals surface area contributed by atoms with Gasteiger partial charge in [-0.15, -0.1) is 0 Å². The highest BCUT2D eigenvalue weighted by Crippen LogP contribution is 2.21. The SMILES string of the molecule is [N-]=[N+]=NCCCn1c(Br)nc2c(N)ncnc21. The van der Waals surface area contributed by atoms with E-state index < -0.39 is 0 Å². The normalized spacial score (nSPS) is 10.4. The molecule has 0 amide bonds. The Kier molecular flexibility index (Phi) is 3.40. The summed E-state index contributed by atoms with van der Waals surface area (Å²) in [5, 5.41) is 3.47. The fourth-order valence-electron chi connectivity index (χ4n) is 1.47. The number of nitrogens with zero attached hydrogens (tertiary/aromatic N) is 7. The van der Waals surface area contributed by atoms with Crippen molar-refractivity contribution in [3.63, 3.8) is 0 Å². The Hall–Kier alpha value is -1.86. The minimum atomic E-state index is 0.351. The Morgan fingerprint density at radius 2 is 2.35 bits per heavy atom. The largest absolute Gasteiger partial charge is 0.382 e. The number of azide groups is 1. The van der Waals surface area contributed by atoms with Crippen LogP contribution in [0.4, 0.5) is 5.82 Å². The molecule has 0 unspecified atom stereocenters. The van der Waals surface area contributed by atoms with Crippen molar-refractivity contribution in [2.24, 2.45) is 5.11 Å². The summed E-state index contributed by atoms with van der Waals surface area (Å²) >= 11 is 3.34. The molecule has 2 aromatic heterocycles. The lowest BCUT2D eigenvalue weighted by Gasteiger charge is -2.02. The molecular formula is C8H9BrN8. The number of aryl methyl sites for hydroxylation is 1. The van der Waals surface area contributed by atoms with Gasteiger partial charge in [-0.2, -0.15) is 0 Å². The lowest BCUT2D eigenvalue weighted by atomic mass is 10.4.